The molecular formula is C29H32N6O2. The van der Waals surface area contributed by atoms with Gasteiger partial charge in [-0.25, -0.2) is 0 Å². The number of carbonyl (C=O) groups is 2. The number of likely N-dealkylation sites (tertiary alicyclic amines) is 1. The van der Waals surface area contributed by atoms with E-state index in [1.54, 1.807) is 0 Å². The average molecular weight is 497 g/mol. The maximum atomic E-state index is 12.5. The molecule has 190 valence electrons. The van der Waals surface area contributed by atoms with Crippen LogP contribution in [0.3, 0.4) is 0 Å². The predicted octanol–water partition coefficient (Wildman–Crippen LogP) is 3.20. The highest BCUT2D eigenvalue weighted by Gasteiger charge is 2.30. The van der Waals surface area contributed by atoms with Crippen molar-refractivity contribution in [3.05, 3.63) is 95.0 Å². The van der Waals surface area contributed by atoms with Gasteiger partial charge >= 0.3 is 0 Å². The molecule has 0 aliphatic carbocycles. The van der Waals surface area contributed by atoms with Gasteiger partial charge in [-0.2, -0.15) is 0 Å². The van der Waals surface area contributed by atoms with Crippen molar-refractivity contribution < 1.29 is 9.59 Å². The molecule has 4 N–H and O–H groups in total. The fourth-order valence-electron chi connectivity index (χ4n) is 5.42. The first-order chi connectivity index (χ1) is 18.2. The Kier molecular flexibility index (Phi) is 6.40. The van der Waals surface area contributed by atoms with Crippen LogP contribution in [-0.4, -0.2) is 54.0 Å². The van der Waals surface area contributed by atoms with Gasteiger partial charge in [-0.15, -0.1) is 0 Å². The van der Waals surface area contributed by atoms with Crippen LogP contribution in [0.5, 0.6) is 0 Å². The van der Waals surface area contributed by atoms with E-state index in [9.17, 15) is 9.59 Å². The molecule has 37 heavy (non-hydrogen) atoms. The van der Waals surface area contributed by atoms with E-state index in [1.807, 2.05) is 48.8 Å². The van der Waals surface area contributed by atoms with Crippen LogP contribution in [0.25, 0.3) is 5.70 Å². The molecule has 0 radical (unpaired) electrons. The summed E-state index contributed by atoms with van der Waals surface area (Å²) < 4.78 is 0. The highest BCUT2D eigenvalue weighted by Crippen LogP contribution is 2.33. The molecule has 0 bridgehead atoms. The van der Waals surface area contributed by atoms with E-state index in [4.69, 9.17) is 0 Å². The van der Waals surface area contributed by atoms with E-state index in [1.165, 1.54) is 25.9 Å². The first-order valence-corrected chi connectivity index (χ1v) is 13.1. The van der Waals surface area contributed by atoms with Crippen molar-refractivity contribution in [3.63, 3.8) is 0 Å². The van der Waals surface area contributed by atoms with Crippen LogP contribution < -0.4 is 21.3 Å². The summed E-state index contributed by atoms with van der Waals surface area (Å²) in [7, 11) is 0. The van der Waals surface area contributed by atoms with Crippen LogP contribution in [0.4, 0.5) is 5.69 Å². The Labute approximate surface area is 217 Å². The van der Waals surface area contributed by atoms with Gasteiger partial charge in [-0.05, 0) is 98.6 Å². The molecule has 1 unspecified atom stereocenters. The lowest BCUT2D eigenvalue weighted by atomic mass is 10.0. The van der Waals surface area contributed by atoms with Crippen molar-refractivity contribution in [3.8, 4) is 0 Å². The average Bonchev–Trinajstić information content (AvgIpc) is 3.69. The van der Waals surface area contributed by atoms with Crippen molar-refractivity contribution in [2.45, 2.75) is 32.0 Å². The molecule has 1 atom stereocenters. The number of fused-ring (bicyclic) bond motifs is 2. The van der Waals surface area contributed by atoms with Gasteiger partial charge in [0.1, 0.15) is 6.17 Å². The number of rotatable bonds is 8. The first-order valence-electron chi connectivity index (χ1n) is 13.1. The number of benzene rings is 2. The number of hydrogen-bond acceptors (Lipinski definition) is 6. The Hall–Kier alpha value is -4.04. The minimum Gasteiger partial charge on any atom is -0.365 e. The van der Waals surface area contributed by atoms with Gasteiger partial charge in [0.15, 0.2) is 0 Å². The summed E-state index contributed by atoms with van der Waals surface area (Å²) in [6.45, 7) is 4.70. The van der Waals surface area contributed by atoms with Crippen LogP contribution >= 0.6 is 0 Å². The zero-order chi connectivity index (χ0) is 25.2. The Morgan fingerprint density at radius 1 is 1.05 bits per heavy atom. The molecular weight excluding hydrogens is 464 g/mol. The van der Waals surface area contributed by atoms with Gasteiger partial charge < -0.3 is 31.1 Å². The summed E-state index contributed by atoms with van der Waals surface area (Å²) in [5.41, 5.74) is 6.51. The van der Waals surface area contributed by atoms with Crippen molar-refractivity contribution in [2.24, 2.45) is 0 Å². The largest absolute Gasteiger partial charge is 0.365 e. The zero-order valence-electron chi connectivity index (χ0n) is 20.8. The fraction of sp³-hybridized carbons (Fsp3) is 0.310. The predicted molar refractivity (Wildman–Crippen MR) is 144 cm³/mol. The highest BCUT2D eigenvalue weighted by atomic mass is 16.2. The number of nitrogens with one attached hydrogen (secondary N) is 4. The number of nitrogens with zero attached hydrogens (tertiary/aromatic N) is 2. The molecule has 4 heterocycles. The van der Waals surface area contributed by atoms with Gasteiger partial charge in [0.05, 0.1) is 11.4 Å². The minimum absolute atomic E-state index is 0.00723. The Balaban J connectivity index is 1.09. The molecule has 6 rings (SSSR count). The minimum atomic E-state index is -0.0633. The fourth-order valence-corrected chi connectivity index (χ4v) is 5.42. The van der Waals surface area contributed by atoms with Crippen molar-refractivity contribution in [2.75, 3.05) is 31.5 Å². The van der Waals surface area contributed by atoms with E-state index < -0.39 is 0 Å². The summed E-state index contributed by atoms with van der Waals surface area (Å²) in [5, 5.41) is 12.8. The second-order valence-electron chi connectivity index (χ2n) is 9.88. The van der Waals surface area contributed by atoms with Crippen LogP contribution in [0.2, 0.25) is 0 Å². The summed E-state index contributed by atoms with van der Waals surface area (Å²) in [4.78, 5) is 29.1. The summed E-state index contributed by atoms with van der Waals surface area (Å²) in [6.07, 6.45) is 11.6. The third-order valence-electron chi connectivity index (χ3n) is 7.42. The van der Waals surface area contributed by atoms with Crippen LogP contribution in [0, 0.1) is 0 Å². The number of hydrogen-bond donors (Lipinski definition) is 4. The van der Waals surface area contributed by atoms with E-state index in [0.29, 0.717) is 18.7 Å². The number of amides is 2. The van der Waals surface area contributed by atoms with Gasteiger partial charge in [-0.1, -0.05) is 6.07 Å². The standard InChI is InChI=1S/C29H32N6O2/c36-28(31-12-3-16-34-14-1-2-15-34)20-4-7-23(8-5-20)33-25-10-11-26(35-17-13-30-27(25)35)21-6-9-24-22(18-21)19-32-29(24)37/h4-11,13,17-18,27,30,33H,1-3,12,14-16,19H2,(H,31,36)(H,32,37). The third kappa shape index (κ3) is 4.84. The summed E-state index contributed by atoms with van der Waals surface area (Å²) in [5.74, 6) is -0.0382. The maximum absolute atomic E-state index is 12.5. The zero-order valence-corrected chi connectivity index (χ0v) is 20.8. The lowest BCUT2D eigenvalue weighted by molar-refractivity contribution is 0.0948. The van der Waals surface area contributed by atoms with Crippen LogP contribution in [-0.2, 0) is 6.54 Å². The molecule has 4 aliphatic rings. The molecule has 1 saturated heterocycles. The molecule has 0 saturated carbocycles. The van der Waals surface area contributed by atoms with Gasteiger partial charge in [-0.3, -0.25) is 9.59 Å². The molecule has 2 aromatic carbocycles. The summed E-state index contributed by atoms with van der Waals surface area (Å²) >= 11 is 0. The lowest BCUT2D eigenvalue weighted by Crippen LogP contribution is -2.40. The lowest BCUT2D eigenvalue weighted by Gasteiger charge is -2.33. The Morgan fingerprint density at radius 2 is 1.89 bits per heavy atom. The quantitative estimate of drug-likeness (QED) is 0.420. The molecule has 1 fully saturated rings. The van der Waals surface area contributed by atoms with Crippen LogP contribution in [0.15, 0.2) is 72.7 Å². The molecule has 0 spiro atoms. The number of allylic oxidation sites excluding steroid dienone is 2. The van der Waals surface area contributed by atoms with Crippen molar-refractivity contribution in [1.82, 2.24) is 25.8 Å². The molecule has 2 aromatic rings. The molecule has 0 aromatic heterocycles. The Bertz CT molecular complexity index is 1290. The maximum Gasteiger partial charge on any atom is 0.251 e. The smallest absolute Gasteiger partial charge is 0.251 e. The van der Waals surface area contributed by atoms with E-state index >= 15 is 0 Å². The normalized spacial score (nSPS) is 20.1. The van der Waals surface area contributed by atoms with Gasteiger partial charge in [0, 0.05) is 42.3 Å². The van der Waals surface area contributed by atoms with Gasteiger partial charge in [0.25, 0.3) is 11.8 Å². The van der Waals surface area contributed by atoms with Gasteiger partial charge in [0.2, 0.25) is 0 Å². The van der Waals surface area contributed by atoms with Crippen molar-refractivity contribution in [1.29, 1.82) is 0 Å². The molecule has 2 amide bonds. The highest BCUT2D eigenvalue weighted by molar-refractivity contribution is 5.98. The second-order valence-corrected chi connectivity index (χ2v) is 9.88. The van der Waals surface area contributed by atoms with E-state index in [-0.39, 0.29) is 18.0 Å². The van der Waals surface area contributed by atoms with Crippen molar-refractivity contribution >= 4 is 23.2 Å². The summed E-state index contributed by atoms with van der Waals surface area (Å²) in [6, 6.07) is 13.6. The number of carbonyl (C=O) groups excluding carboxylic acids is 2. The number of anilines is 1. The molecule has 4 aliphatic heterocycles. The monoisotopic (exact) mass is 496 g/mol. The second kappa shape index (κ2) is 10.1. The molecule has 8 heteroatoms. The van der Waals surface area contributed by atoms with Crippen LogP contribution in [0.1, 0.15) is 51.1 Å². The van der Waals surface area contributed by atoms with E-state index in [2.05, 4.69) is 49.3 Å². The van der Waals surface area contributed by atoms with E-state index in [0.717, 1.165) is 46.7 Å². The Morgan fingerprint density at radius 3 is 2.73 bits per heavy atom. The molecule has 8 nitrogen and oxygen atoms in total. The third-order valence-corrected chi connectivity index (χ3v) is 7.42. The SMILES string of the molecule is O=C(NCCCN1CCCC1)c1ccc(NC2=CC=C(c3ccc4c(c3)CNC4=O)N3C=CNC23)cc1. The topological polar surface area (TPSA) is 88.7 Å². The first kappa shape index (κ1) is 23.4.